The molecule has 0 saturated carbocycles. The Balaban J connectivity index is 1.86. The van der Waals surface area contributed by atoms with E-state index >= 15 is 0 Å². The summed E-state index contributed by atoms with van der Waals surface area (Å²) < 4.78 is 15.4. The summed E-state index contributed by atoms with van der Waals surface area (Å²) in [6.07, 6.45) is 4.95. The van der Waals surface area contributed by atoms with Gasteiger partial charge in [-0.3, -0.25) is 4.79 Å². The van der Waals surface area contributed by atoms with Crippen LogP contribution in [-0.2, 0) is 20.9 Å². The maximum Gasteiger partial charge on any atom is 0.305 e. The van der Waals surface area contributed by atoms with Gasteiger partial charge in [-0.1, -0.05) is 6.42 Å². The molecule has 4 nitrogen and oxygen atoms in total. The molecule has 0 N–H and O–H groups in total. The first-order valence-electron chi connectivity index (χ1n) is 6.08. The minimum absolute atomic E-state index is 0.107. The van der Waals surface area contributed by atoms with E-state index in [2.05, 4.69) is 0 Å². The third-order valence-electron chi connectivity index (χ3n) is 2.30. The third kappa shape index (κ3) is 6.79. The fourth-order valence-electron chi connectivity index (χ4n) is 1.45. The van der Waals surface area contributed by atoms with Crippen molar-refractivity contribution >= 4 is 5.97 Å². The Kier molecular flexibility index (Phi) is 7.14. The largest absolute Gasteiger partial charge is 0.467 e. The normalized spacial score (nSPS) is 10.4. The second-order valence-corrected chi connectivity index (χ2v) is 3.75. The molecule has 0 amide bonds. The summed E-state index contributed by atoms with van der Waals surface area (Å²) in [6.45, 7) is 3.50. The highest BCUT2D eigenvalue weighted by atomic mass is 16.5. The van der Waals surface area contributed by atoms with Crippen LogP contribution in [0, 0.1) is 0 Å². The van der Waals surface area contributed by atoms with Gasteiger partial charge in [0.2, 0.25) is 0 Å². The Hall–Kier alpha value is -1.29. The van der Waals surface area contributed by atoms with E-state index in [1.165, 1.54) is 0 Å². The lowest BCUT2D eigenvalue weighted by atomic mass is 10.2. The second kappa shape index (κ2) is 8.82. The minimum Gasteiger partial charge on any atom is -0.467 e. The molecule has 0 spiro atoms. The zero-order chi connectivity index (χ0) is 12.3. The van der Waals surface area contributed by atoms with E-state index < -0.39 is 0 Å². The first kappa shape index (κ1) is 13.8. The highest BCUT2D eigenvalue weighted by Gasteiger charge is 2.00. The zero-order valence-corrected chi connectivity index (χ0v) is 10.3. The number of carbonyl (C=O) groups is 1. The van der Waals surface area contributed by atoms with E-state index in [1.807, 2.05) is 19.1 Å². The quantitative estimate of drug-likeness (QED) is 0.492. The maximum atomic E-state index is 11.0. The van der Waals surface area contributed by atoms with Gasteiger partial charge in [-0.05, 0) is 31.9 Å². The van der Waals surface area contributed by atoms with Gasteiger partial charge in [-0.15, -0.1) is 0 Å². The smallest absolute Gasteiger partial charge is 0.305 e. The van der Waals surface area contributed by atoms with Crippen molar-refractivity contribution in [1.82, 2.24) is 0 Å². The number of rotatable bonds is 9. The fourth-order valence-corrected chi connectivity index (χ4v) is 1.45. The molecule has 1 rings (SSSR count). The van der Waals surface area contributed by atoms with Crippen LogP contribution in [0.25, 0.3) is 0 Å². The van der Waals surface area contributed by atoms with Gasteiger partial charge in [-0.2, -0.15) is 0 Å². The molecule has 0 aromatic carbocycles. The Bertz CT molecular complexity index is 292. The second-order valence-electron chi connectivity index (χ2n) is 3.75. The van der Waals surface area contributed by atoms with Crippen molar-refractivity contribution in [3.8, 4) is 0 Å². The Morgan fingerprint density at radius 1 is 1.35 bits per heavy atom. The number of hydrogen-bond donors (Lipinski definition) is 0. The third-order valence-corrected chi connectivity index (χ3v) is 2.30. The summed E-state index contributed by atoms with van der Waals surface area (Å²) in [7, 11) is 0. The van der Waals surface area contributed by atoms with Gasteiger partial charge in [0.25, 0.3) is 0 Å². The molecule has 4 heteroatoms. The van der Waals surface area contributed by atoms with Crippen molar-refractivity contribution in [1.29, 1.82) is 0 Å². The van der Waals surface area contributed by atoms with E-state index in [9.17, 15) is 4.79 Å². The van der Waals surface area contributed by atoms with Crippen molar-refractivity contribution in [2.45, 2.75) is 39.2 Å². The molecule has 17 heavy (non-hydrogen) atoms. The molecule has 1 aromatic rings. The number of carbonyl (C=O) groups excluding carboxylic acids is 1. The molecular formula is C13H20O4. The Morgan fingerprint density at radius 3 is 2.94 bits per heavy atom. The molecule has 1 heterocycles. The fraction of sp³-hybridized carbons (Fsp3) is 0.615. The van der Waals surface area contributed by atoms with Crippen LogP contribution in [0.1, 0.15) is 38.4 Å². The first-order valence-corrected chi connectivity index (χ1v) is 6.08. The van der Waals surface area contributed by atoms with Crippen molar-refractivity contribution in [2.75, 3.05) is 13.2 Å². The van der Waals surface area contributed by atoms with Crippen molar-refractivity contribution in [3.63, 3.8) is 0 Å². The first-order chi connectivity index (χ1) is 8.33. The number of unbranched alkanes of at least 4 members (excludes halogenated alkanes) is 2. The summed E-state index contributed by atoms with van der Waals surface area (Å²) in [5.74, 6) is 0.737. The van der Waals surface area contributed by atoms with E-state index in [0.717, 1.165) is 25.0 Å². The Labute approximate surface area is 102 Å². The minimum atomic E-state index is -0.107. The van der Waals surface area contributed by atoms with Crippen LogP contribution in [0.5, 0.6) is 0 Å². The maximum absolute atomic E-state index is 11.0. The molecule has 0 aliphatic rings. The van der Waals surface area contributed by atoms with Crippen LogP contribution in [0.2, 0.25) is 0 Å². The SMILES string of the molecule is CCOC(=O)CCCCCOCc1ccco1. The van der Waals surface area contributed by atoms with E-state index in [-0.39, 0.29) is 5.97 Å². The molecule has 96 valence electrons. The molecule has 0 saturated heterocycles. The topological polar surface area (TPSA) is 48.7 Å². The lowest BCUT2D eigenvalue weighted by Gasteiger charge is -2.03. The van der Waals surface area contributed by atoms with E-state index in [0.29, 0.717) is 26.2 Å². The van der Waals surface area contributed by atoms with Gasteiger partial charge < -0.3 is 13.9 Å². The zero-order valence-electron chi connectivity index (χ0n) is 10.3. The van der Waals surface area contributed by atoms with Crippen LogP contribution in [0.15, 0.2) is 22.8 Å². The van der Waals surface area contributed by atoms with Crippen molar-refractivity contribution in [3.05, 3.63) is 24.2 Å². The lowest BCUT2D eigenvalue weighted by molar-refractivity contribution is -0.143. The number of ether oxygens (including phenoxy) is 2. The predicted octanol–water partition coefficient (Wildman–Crippen LogP) is 2.92. The van der Waals surface area contributed by atoms with Gasteiger partial charge in [0.05, 0.1) is 12.9 Å². The van der Waals surface area contributed by atoms with Crippen molar-refractivity contribution in [2.24, 2.45) is 0 Å². The van der Waals surface area contributed by atoms with Crippen LogP contribution in [0.4, 0.5) is 0 Å². The molecule has 1 aromatic heterocycles. The van der Waals surface area contributed by atoms with Crippen LogP contribution >= 0.6 is 0 Å². The molecule has 0 bridgehead atoms. The Morgan fingerprint density at radius 2 is 2.24 bits per heavy atom. The van der Waals surface area contributed by atoms with Crippen LogP contribution in [0.3, 0.4) is 0 Å². The lowest BCUT2D eigenvalue weighted by Crippen LogP contribution is -2.03. The molecule has 0 aliphatic carbocycles. The van der Waals surface area contributed by atoms with Gasteiger partial charge >= 0.3 is 5.97 Å². The summed E-state index contributed by atoms with van der Waals surface area (Å²) in [6, 6.07) is 3.73. The van der Waals surface area contributed by atoms with Crippen molar-refractivity contribution < 1.29 is 18.7 Å². The molecular weight excluding hydrogens is 220 g/mol. The highest BCUT2D eigenvalue weighted by Crippen LogP contribution is 2.05. The van der Waals surface area contributed by atoms with Gasteiger partial charge in [0.15, 0.2) is 0 Å². The van der Waals surface area contributed by atoms with E-state index in [1.54, 1.807) is 6.26 Å². The molecule has 0 unspecified atom stereocenters. The van der Waals surface area contributed by atoms with Crippen LogP contribution in [-0.4, -0.2) is 19.2 Å². The summed E-state index contributed by atoms with van der Waals surface area (Å²) >= 11 is 0. The average molecular weight is 240 g/mol. The van der Waals surface area contributed by atoms with Gasteiger partial charge in [-0.25, -0.2) is 0 Å². The van der Waals surface area contributed by atoms with E-state index in [4.69, 9.17) is 13.9 Å². The molecule has 0 fully saturated rings. The molecule has 0 atom stereocenters. The molecule has 0 aliphatic heterocycles. The highest BCUT2D eigenvalue weighted by molar-refractivity contribution is 5.69. The standard InChI is InChI=1S/C13H20O4/c1-2-16-13(14)8-4-3-5-9-15-11-12-7-6-10-17-12/h6-7,10H,2-5,8-9,11H2,1H3. The average Bonchev–Trinajstić information content (AvgIpc) is 2.81. The summed E-state index contributed by atoms with van der Waals surface area (Å²) in [4.78, 5) is 11.0. The monoisotopic (exact) mass is 240 g/mol. The number of furan rings is 1. The number of hydrogen-bond acceptors (Lipinski definition) is 4. The van der Waals surface area contributed by atoms with Crippen LogP contribution < -0.4 is 0 Å². The number of esters is 1. The van der Waals surface area contributed by atoms with Gasteiger partial charge in [0.1, 0.15) is 12.4 Å². The van der Waals surface area contributed by atoms with Gasteiger partial charge in [0, 0.05) is 13.0 Å². The molecule has 0 radical (unpaired) electrons. The summed E-state index contributed by atoms with van der Waals surface area (Å²) in [5, 5.41) is 0. The summed E-state index contributed by atoms with van der Waals surface area (Å²) in [5.41, 5.74) is 0. The predicted molar refractivity (Wildman–Crippen MR) is 63.5 cm³/mol.